The van der Waals surface area contributed by atoms with E-state index in [-0.39, 0.29) is 5.91 Å². The topological polar surface area (TPSA) is 81.4 Å². The average Bonchev–Trinajstić information content (AvgIpc) is 2.46. The van der Waals surface area contributed by atoms with Crippen LogP contribution in [0.3, 0.4) is 0 Å². The molecule has 21 heavy (non-hydrogen) atoms. The second kappa shape index (κ2) is 8.67. The molecular weight excluding hydrogens is 288 g/mol. The third kappa shape index (κ3) is 5.38. The minimum Gasteiger partial charge on any atom is -0.495 e. The number of hydrogen-bond acceptors (Lipinski definition) is 4. The van der Waals surface area contributed by atoms with Crippen molar-refractivity contribution in [3.63, 3.8) is 0 Å². The monoisotopic (exact) mass is 312 g/mol. The number of unbranched alkanes of at least 4 members (excludes halogenated alkanes) is 2. The van der Waals surface area contributed by atoms with E-state index in [1.54, 1.807) is 25.1 Å². The van der Waals surface area contributed by atoms with Crippen molar-refractivity contribution >= 4 is 28.1 Å². The van der Waals surface area contributed by atoms with Crippen LogP contribution >= 0.6 is 0 Å². The van der Waals surface area contributed by atoms with Gasteiger partial charge in [0.2, 0.25) is 5.91 Å². The lowest BCUT2D eigenvalue weighted by atomic mass is 10.2. The maximum absolute atomic E-state index is 12.2. The summed E-state index contributed by atoms with van der Waals surface area (Å²) in [6, 6.07) is 5.01. The summed E-state index contributed by atoms with van der Waals surface area (Å²) < 4.78 is 17.2. The number of amides is 1. The highest BCUT2D eigenvalue weighted by Gasteiger charge is 2.20. The molecule has 6 heteroatoms. The Morgan fingerprint density at radius 1 is 1.43 bits per heavy atom. The summed E-state index contributed by atoms with van der Waals surface area (Å²) >= 11 is 0. The van der Waals surface area contributed by atoms with Crippen LogP contribution in [0.15, 0.2) is 18.2 Å². The lowest BCUT2D eigenvalue weighted by molar-refractivity contribution is -0.115. The van der Waals surface area contributed by atoms with Gasteiger partial charge in [-0.3, -0.25) is 9.00 Å². The maximum Gasteiger partial charge on any atom is 0.239 e. The van der Waals surface area contributed by atoms with E-state index in [9.17, 15) is 9.00 Å². The Morgan fingerprint density at radius 2 is 2.14 bits per heavy atom. The van der Waals surface area contributed by atoms with Crippen LogP contribution < -0.4 is 15.8 Å². The predicted octanol–water partition coefficient (Wildman–Crippen LogP) is 2.54. The van der Waals surface area contributed by atoms with Gasteiger partial charge in [0, 0.05) is 22.2 Å². The number of ether oxygens (including phenoxy) is 1. The van der Waals surface area contributed by atoms with E-state index in [4.69, 9.17) is 10.5 Å². The van der Waals surface area contributed by atoms with E-state index in [1.807, 2.05) is 0 Å². The van der Waals surface area contributed by atoms with E-state index in [0.29, 0.717) is 22.9 Å². The summed E-state index contributed by atoms with van der Waals surface area (Å²) in [7, 11) is 0.353. The first-order valence-corrected chi connectivity index (χ1v) is 8.49. The lowest BCUT2D eigenvalue weighted by Gasteiger charge is -2.14. The Labute approximate surface area is 128 Å². The van der Waals surface area contributed by atoms with Gasteiger partial charge in [-0.15, -0.1) is 0 Å². The van der Waals surface area contributed by atoms with Gasteiger partial charge < -0.3 is 15.8 Å². The number of nitrogens with two attached hydrogens (primary N) is 1. The van der Waals surface area contributed by atoms with Crippen LogP contribution in [0.5, 0.6) is 5.75 Å². The number of nitrogen functional groups attached to an aromatic ring is 1. The van der Waals surface area contributed by atoms with Gasteiger partial charge in [-0.2, -0.15) is 0 Å². The van der Waals surface area contributed by atoms with Crippen molar-refractivity contribution < 1.29 is 13.7 Å². The molecular formula is C15H24N2O3S. The molecule has 0 saturated heterocycles. The molecule has 0 radical (unpaired) electrons. The number of rotatable bonds is 8. The van der Waals surface area contributed by atoms with Gasteiger partial charge in [0.05, 0.1) is 12.8 Å². The normalized spacial score (nSPS) is 13.5. The van der Waals surface area contributed by atoms with E-state index in [2.05, 4.69) is 12.2 Å². The zero-order valence-corrected chi connectivity index (χ0v) is 13.7. The average molecular weight is 312 g/mol. The molecule has 1 rings (SSSR count). The van der Waals surface area contributed by atoms with Gasteiger partial charge in [-0.25, -0.2) is 0 Å². The summed E-state index contributed by atoms with van der Waals surface area (Å²) in [5.41, 5.74) is 6.74. The quantitative estimate of drug-likeness (QED) is 0.571. The molecule has 2 unspecified atom stereocenters. The van der Waals surface area contributed by atoms with Crippen molar-refractivity contribution in [2.75, 3.05) is 23.9 Å². The molecule has 1 amide bonds. The van der Waals surface area contributed by atoms with Crippen LogP contribution in [0.25, 0.3) is 0 Å². The van der Waals surface area contributed by atoms with Crippen molar-refractivity contribution in [1.29, 1.82) is 0 Å². The Bertz CT molecular complexity index is 506. The minimum absolute atomic E-state index is 0.284. The highest BCUT2D eigenvalue weighted by atomic mass is 32.2. The van der Waals surface area contributed by atoms with E-state index in [0.717, 1.165) is 19.3 Å². The van der Waals surface area contributed by atoms with Crippen LogP contribution in [0, 0.1) is 0 Å². The zero-order chi connectivity index (χ0) is 15.8. The summed E-state index contributed by atoms with van der Waals surface area (Å²) in [5.74, 6) is 0.798. The molecule has 0 fully saturated rings. The van der Waals surface area contributed by atoms with Gasteiger partial charge >= 0.3 is 0 Å². The fourth-order valence-corrected chi connectivity index (χ4v) is 2.99. The number of benzene rings is 1. The van der Waals surface area contributed by atoms with Crippen molar-refractivity contribution in [1.82, 2.24) is 0 Å². The number of anilines is 2. The number of methoxy groups -OCH3 is 1. The highest BCUT2D eigenvalue weighted by molar-refractivity contribution is 7.86. The van der Waals surface area contributed by atoms with Crippen LogP contribution in [0.1, 0.15) is 33.1 Å². The van der Waals surface area contributed by atoms with Gasteiger partial charge in [0.1, 0.15) is 11.0 Å². The second-order valence-corrected chi connectivity index (χ2v) is 6.76. The highest BCUT2D eigenvalue weighted by Crippen LogP contribution is 2.26. The third-order valence-corrected chi connectivity index (χ3v) is 4.89. The van der Waals surface area contributed by atoms with Crippen LogP contribution in [-0.2, 0) is 15.6 Å². The van der Waals surface area contributed by atoms with Crippen LogP contribution in [-0.4, -0.2) is 28.2 Å². The smallest absolute Gasteiger partial charge is 0.239 e. The van der Waals surface area contributed by atoms with Crippen LogP contribution in [0.4, 0.5) is 11.4 Å². The van der Waals surface area contributed by atoms with E-state index < -0.39 is 16.0 Å². The van der Waals surface area contributed by atoms with Gasteiger partial charge in [-0.05, 0) is 31.5 Å². The van der Waals surface area contributed by atoms with Gasteiger partial charge in [0.15, 0.2) is 0 Å². The number of hydrogen-bond donors (Lipinski definition) is 2. The summed E-state index contributed by atoms with van der Waals surface area (Å²) in [5, 5.41) is 2.17. The molecule has 0 bridgehead atoms. The molecule has 0 saturated carbocycles. The molecule has 118 valence electrons. The SMILES string of the molecule is CCCCCS(=O)C(C)C(=O)Nc1cc(N)ccc1OC. The molecule has 3 N–H and O–H groups in total. The number of nitrogens with one attached hydrogen (secondary N) is 1. The van der Waals surface area contributed by atoms with Gasteiger partial charge in [-0.1, -0.05) is 19.8 Å². The molecule has 5 nitrogen and oxygen atoms in total. The molecule has 1 aromatic rings. The van der Waals surface area contributed by atoms with Crippen molar-refractivity contribution in [3.05, 3.63) is 18.2 Å². The predicted molar refractivity (Wildman–Crippen MR) is 88.0 cm³/mol. The molecule has 0 aliphatic carbocycles. The Morgan fingerprint density at radius 3 is 2.76 bits per heavy atom. The summed E-state index contributed by atoms with van der Waals surface area (Å²) in [4.78, 5) is 12.2. The molecule has 0 aliphatic rings. The first kappa shape index (κ1) is 17.5. The first-order valence-electron chi connectivity index (χ1n) is 7.11. The molecule has 0 heterocycles. The molecule has 0 spiro atoms. The molecule has 1 aromatic carbocycles. The largest absolute Gasteiger partial charge is 0.495 e. The third-order valence-electron chi connectivity index (χ3n) is 3.19. The van der Waals surface area contributed by atoms with E-state index in [1.165, 1.54) is 7.11 Å². The Hall–Kier alpha value is -1.56. The van der Waals surface area contributed by atoms with Crippen LogP contribution in [0.2, 0.25) is 0 Å². The minimum atomic E-state index is -1.17. The van der Waals surface area contributed by atoms with Crippen molar-refractivity contribution in [3.8, 4) is 5.75 Å². The summed E-state index contributed by atoms with van der Waals surface area (Å²) in [6.07, 6.45) is 2.98. The van der Waals surface area contributed by atoms with Gasteiger partial charge in [0.25, 0.3) is 0 Å². The fraction of sp³-hybridized carbons (Fsp3) is 0.533. The lowest BCUT2D eigenvalue weighted by Crippen LogP contribution is -2.30. The second-order valence-electron chi connectivity index (χ2n) is 4.88. The molecule has 2 atom stereocenters. The standard InChI is InChI=1S/C15H24N2O3S/c1-4-5-6-9-21(19)11(2)15(18)17-13-10-12(16)7-8-14(13)20-3/h7-8,10-11H,4-6,9,16H2,1-3H3,(H,17,18). The summed E-state index contributed by atoms with van der Waals surface area (Å²) in [6.45, 7) is 3.77. The first-order chi connectivity index (χ1) is 9.99. The Kier molecular flexibility index (Phi) is 7.22. The van der Waals surface area contributed by atoms with Crippen molar-refractivity contribution in [2.45, 2.75) is 38.4 Å². The molecule has 0 aliphatic heterocycles. The Balaban J connectivity index is 2.67. The number of carbonyl (C=O) groups is 1. The number of carbonyl (C=O) groups excluding carboxylic acids is 1. The fourth-order valence-electron chi connectivity index (χ4n) is 1.85. The van der Waals surface area contributed by atoms with E-state index >= 15 is 0 Å². The zero-order valence-electron chi connectivity index (χ0n) is 12.8. The molecule has 0 aromatic heterocycles. The maximum atomic E-state index is 12.2. The van der Waals surface area contributed by atoms with Crippen molar-refractivity contribution in [2.24, 2.45) is 0 Å².